The third kappa shape index (κ3) is 4.68. The van der Waals surface area contributed by atoms with Crippen LogP contribution in [0.4, 0.5) is 5.69 Å². The molecule has 0 aromatic heterocycles. The van der Waals surface area contributed by atoms with Crippen molar-refractivity contribution < 1.29 is 17.9 Å². The fourth-order valence-corrected chi connectivity index (χ4v) is 3.86. The lowest BCUT2D eigenvalue weighted by Crippen LogP contribution is -2.23. The Hall–Kier alpha value is -1.67. The second-order valence-corrected chi connectivity index (χ2v) is 7.63. The summed E-state index contributed by atoms with van der Waals surface area (Å²) in [6.07, 6.45) is 0.367. The van der Waals surface area contributed by atoms with E-state index in [0.29, 0.717) is 17.9 Å². The summed E-state index contributed by atoms with van der Waals surface area (Å²) in [7, 11) is -3.07. The zero-order chi connectivity index (χ0) is 15.5. The highest BCUT2D eigenvalue weighted by molar-refractivity contribution is 7.91. The number of sulfone groups is 1. The molecule has 0 bridgehead atoms. The smallest absolute Gasteiger partial charge is 0.228 e. The van der Waals surface area contributed by atoms with Crippen LogP contribution in [0.1, 0.15) is 6.42 Å². The molecule has 1 aromatic carbocycles. The zero-order valence-corrected chi connectivity index (χ0v) is 12.9. The van der Waals surface area contributed by atoms with Crippen LogP contribution < -0.4 is 15.8 Å². The van der Waals surface area contributed by atoms with Crippen LogP contribution in [0, 0.1) is 5.92 Å². The number of benzene rings is 1. The van der Waals surface area contributed by atoms with Gasteiger partial charge in [-0.15, -0.1) is 0 Å². The van der Waals surface area contributed by atoms with Crippen molar-refractivity contribution in [3.8, 4) is 5.75 Å². The minimum Gasteiger partial charge on any atom is -0.486 e. The molecule has 1 atom stereocenters. The van der Waals surface area contributed by atoms with E-state index in [9.17, 15) is 13.2 Å². The molecule has 2 rings (SSSR count). The van der Waals surface area contributed by atoms with Crippen LogP contribution >= 0.6 is 12.2 Å². The maximum absolute atomic E-state index is 12.0. The first-order valence-electron chi connectivity index (χ1n) is 6.38. The van der Waals surface area contributed by atoms with Crippen molar-refractivity contribution in [2.24, 2.45) is 11.7 Å². The number of carbonyl (C=O) groups excluding carboxylic acids is 1. The quantitative estimate of drug-likeness (QED) is 0.773. The molecule has 0 spiro atoms. The molecule has 21 heavy (non-hydrogen) atoms. The van der Waals surface area contributed by atoms with Crippen LogP contribution in [-0.2, 0) is 14.6 Å². The number of anilines is 1. The topological polar surface area (TPSA) is 98.5 Å². The van der Waals surface area contributed by atoms with Crippen LogP contribution in [0.15, 0.2) is 24.3 Å². The number of hydrogen-bond acceptors (Lipinski definition) is 5. The van der Waals surface area contributed by atoms with Crippen molar-refractivity contribution in [2.75, 3.05) is 23.4 Å². The van der Waals surface area contributed by atoms with E-state index in [0.717, 1.165) is 0 Å². The standard InChI is InChI=1S/C13H16N2O4S2/c14-12(20)7-19-11-3-1-2-10(6-11)15-13(16)9-4-5-21(17,18)8-9/h1-3,6,9H,4-5,7-8H2,(H2,14,20)(H,15,16). The predicted molar refractivity (Wildman–Crippen MR) is 84.1 cm³/mol. The highest BCUT2D eigenvalue weighted by atomic mass is 32.2. The third-order valence-electron chi connectivity index (χ3n) is 3.09. The number of hydrogen-bond donors (Lipinski definition) is 2. The summed E-state index contributed by atoms with van der Waals surface area (Å²) in [5.41, 5.74) is 5.89. The van der Waals surface area contributed by atoms with Crippen molar-refractivity contribution in [3.05, 3.63) is 24.3 Å². The van der Waals surface area contributed by atoms with E-state index in [4.69, 9.17) is 22.7 Å². The molecular formula is C13H16N2O4S2. The second kappa shape index (κ2) is 6.40. The average Bonchev–Trinajstić information content (AvgIpc) is 2.77. The summed E-state index contributed by atoms with van der Waals surface area (Å²) in [6, 6.07) is 6.78. The Labute approximate surface area is 128 Å². The molecule has 6 nitrogen and oxygen atoms in total. The molecule has 0 aliphatic carbocycles. The number of rotatable bonds is 5. The predicted octanol–water partition coefficient (Wildman–Crippen LogP) is 0.725. The molecule has 1 saturated heterocycles. The van der Waals surface area contributed by atoms with Crippen molar-refractivity contribution in [1.82, 2.24) is 0 Å². The fraction of sp³-hybridized carbons (Fsp3) is 0.385. The molecule has 8 heteroatoms. The summed E-state index contributed by atoms with van der Waals surface area (Å²) in [5, 5.41) is 2.70. The molecule has 1 aliphatic heterocycles. The Morgan fingerprint density at radius 3 is 2.86 bits per heavy atom. The van der Waals surface area contributed by atoms with Gasteiger partial charge in [0.15, 0.2) is 9.84 Å². The van der Waals surface area contributed by atoms with E-state index in [1.807, 2.05) is 0 Å². The first-order valence-corrected chi connectivity index (χ1v) is 8.61. The van der Waals surface area contributed by atoms with E-state index >= 15 is 0 Å². The van der Waals surface area contributed by atoms with Gasteiger partial charge >= 0.3 is 0 Å². The maximum Gasteiger partial charge on any atom is 0.228 e. The van der Waals surface area contributed by atoms with Gasteiger partial charge in [0.05, 0.1) is 17.4 Å². The Morgan fingerprint density at radius 2 is 2.24 bits per heavy atom. The highest BCUT2D eigenvalue weighted by Crippen LogP contribution is 2.22. The molecule has 0 saturated carbocycles. The van der Waals surface area contributed by atoms with Gasteiger partial charge in [-0.05, 0) is 18.6 Å². The molecule has 1 aliphatic rings. The zero-order valence-electron chi connectivity index (χ0n) is 11.2. The largest absolute Gasteiger partial charge is 0.486 e. The van der Waals surface area contributed by atoms with Crippen molar-refractivity contribution in [1.29, 1.82) is 0 Å². The SMILES string of the molecule is NC(=S)COc1cccc(NC(=O)C2CCS(=O)(=O)C2)c1. The van der Waals surface area contributed by atoms with Gasteiger partial charge in [0.25, 0.3) is 0 Å². The molecule has 1 heterocycles. The minimum absolute atomic E-state index is 0.0716. The number of amides is 1. The summed E-state index contributed by atoms with van der Waals surface area (Å²) in [4.78, 5) is 12.3. The lowest BCUT2D eigenvalue weighted by atomic mass is 10.1. The van der Waals surface area contributed by atoms with E-state index in [1.165, 1.54) is 0 Å². The van der Waals surface area contributed by atoms with Crippen molar-refractivity contribution in [2.45, 2.75) is 6.42 Å². The van der Waals surface area contributed by atoms with Gasteiger partial charge in [-0.2, -0.15) is 0 Å². The monoisotopic (exact) mass is 328 g/mol. The van der Waals surface area contributed by atoms with E-state index < -0.39 is 15.8 Å². The minimum atomic E-state index is -3.07. The van der Waals surface area contributed by atoms with E-state index in [1.54, 1.807) is 24.3 Å². The van der Waals surface area contributed by atoms with Gasteiger partial charge < -0.3 is 15.8 Å². The Morgan fingerprint density at radius 1 is 1.48 bits per heavy atom. The van der Waals surface area contributed by atoms with Gasteiger partial charge in [-0.25, -0.2) is 8.42 Å². The number of carbonyl (C=O) groups is 1. The maximum atomic E-state index is 12.0. The van der Waals surface area contributed by atoms with Gasteiger partial charge in [-0.1, -0.05) is 18.3 Å². The second-order valence-electron chi connectivity index (χ2n) is 4.87. The average molecular weight is 328 g/mol. The van der Waals surface area contributed by atoms with Gasteiger partial charge in [0.2, 0.25) is 5.91 Å². The Balaban J connectivity index is 1.98. The van der Waals surface area contributed by atoms with Gasteiger partial charge in [-0.3, -0.25) is 4.79 Å². The molecule has 1 amide bonds. The van der Waals surface area contributed by atoms with Crippen LogP contribution in [0.3, 0.4) is 0 Å². The fourth-order valence-electron chi connectivity index (χ4n) is 2.06. The number of ether oxygens (including phenoxy) is 1. The van der Waals surface area contributed by atoms with E-state index in [-0.39, 0.29) is 29.0 Å². The van der Waals surface area contributed by atoms with Crippen molar-refractivity contribution >= 4 is 38.6 Å². The lowest BCUT2D eigenvalue weighted by molar-refractivity contribution is -0.119. The summed E-state index contributed by atoms with van der Waals surface area (Å²) >= 11 is 4.72. The molecular weight excluding hydrogens is 312 g/mol. The lowest BCUT2D eigenvalue weighted by Gasteiger charge is -2.11. The molecule has 1 unspecified atom stereocenters. The Kier molecular flexibility index (Phi) is 4.79. The highest BCUT2D eigenvalue weighted by Gasteiger charge is 2.32. The molecule has 114 valence electrons. The number of thiocarbonyl (C=S) groups is 1. The van der Waals surface area contributed by atoms with Gasteiger partial charge in [0.1, 0.15) is 17.3 Å². The summed E-state index contributed by atoms with van der Waals surface area (Å²) in [5.74, 6) is -0.267. The first kappa shape index (κ1) is 15.7. The Bertz CT molecular complexity index is 658. The van der Waals surface area contributed by atoms with Crippen LogP contribution in [-0.4, -0.2) is 37.4 Å². The molecule has 3 N–H and O–H groups in total. The van der Waals surface area contributed by atoms with Crippen molar-refractivity contribution in [3.63, 3.8) is 0 Å². The first-order chi connectivity index (χ1) is 9.85. The van der Waals surface area contributed by atoms with Gasteiger partial charge in [0, 0.05) is 11.8 Å². The molecule has 0 radical (unpaired) electrons. The third-order valence-corrected chi connectivity index (χ3v) is 4.97. The number of nitrogens with two attached hydrogens (primary N) is 1. The summed E-state index contributed by atoms with van der Waals surface area (Å²) in [6.45, 7) is 0.119. The summed E-state index contributed by atoms with van der Waals surface area (Å²) < 4.78 is 28.1. The van der Waals surface area contributed by atoms with E-state index in [2.05, 4.69) is 5.32 Å². The van der Waals surface area contributed by atoms with Crippen LogP contribution in [0.2, 0.25) is 0 Å². The molecule has 1 aromatic rings. The normalized spacial score (nSPS) is 19.9. The molecule has 1 fully saturated rings. The van der Waals surface area contributed by atoms with Crippen LogP contribution in [0.5, 0.6) is 5.75 Å². The van der Waals surface area contributed by atoms with Crippen LogP contribution in [0.25, 0.3) is 0 Å². The number of nitrogens with one attached hydrogen (secondary N) is 1.